The summed E-state index contributed by atoms with van der Waals surface area (Å²) in [4.78, 5) is 11.9. The van der Waals surface area contributed by atoms with Crippen LogP contribution >= 0.6 is 0 Å². The summed E-state index contributed by atoms with van der Waals surface area (Å²) in [7, 11) is 0. The molecule has 0 radical (unpaired) electrons. The van der Waals surface area contributed by atoms with Crippen LogP contribution in [-0.2, 0) is 11.3 Å². The first-order valence-electron chi connectivity index (χ1n) is 8.35. The largest absolute Gasteiger partial charge is 0.486 e. The molecule has 0 bridgehead atoms. The summed E-state index contributed by atoms with van der Waals surface area (Å²) < 4.78 is 13.4. The highest BCUT2D eigenvalue weighted by Gasteiger charge is 2.21. The summed E-state index contributed by atoms with van der Waals surface area (Å²) in [5.74, 6) is 1.93. The van der Waals surface area contributed by atoms with Gasteiger partial charge in [-0.15, -0.1) is 0 Å². The minimum Gasteiger partial charge on any atom is -0.486 e. The van der Waals surface area contributed by atoms with Gasteiger partial charge in [0.25, 0.3) is 0 Å². The van der Waals surface area contributed by atoms with E-state index in [1.165, 1.54) is 0 Å². The van der Waals surface area contributed by atoms with Crippen molar-refractivity contribution in [2.24, 2.45) is 5.92 Å². The highest BCUT2D eigenvalue weighted by atomic mass is 16.6. The Labute approximate surface area is 141 Å². The molecule has 3 rings (SSSR count). The number of hydrogen-bond donors (Lipinski definition) is 1. The third-order valence-corrected chi connectivity index (χ3v) is 4.11. The third-order valence-electron chi connectivity index (χ3n) is 4.11. The number of amides is 1. The van der Waals surface area contributed by atoms with Gasteiger partial charge in [0.1, 0.15) is 6.61 Å². The molecule has 2 heterocycles. The Morgan fingerprint density at radius 3 is 3.00 bits per heavy atom. The molecule has 128 valence electrons. The predicted octanol–water partition coefficient (Wildman–Crippen LogP) is 3.10. The molecule has 1 aliphatic rings. The molecule has 0 aliphatic carbocycles. The minimum atomic E-state index is -0.108. The fourth-order valence-corrected chi connectivity index (χ4v) is 2.56. The number of anilines is 1. The van der Waals surface area contributed by atoms with Crippen LogP contribution in [0.1, 0.15) is 26.7 Å². The molecule has 1 amide bonds. The third kappa shape index (κ3) is 4.07. The fourth-order valence-electron chi connectivity index (χ4n) is 2.56. The highest BCUT2D eigenvalue weighted by Crippen LogP contribution is 2.31. The Hall–Kier alpha value is -2.50. The van der Waals surface area contributed by atoms with Crippen LogP contribution in [-0.4, -0.2) is 28.4 Å². The van der Waals surface area contributed by atoms with E-state index >= 15 is 0 Å². The molecule has 6 heteroatoms. The maximum Gasteiger partial charge on any atom is 0.224 e. The van der Waals surface area contributed by atoms with E-state index in [1.807, 2.05) is 30.5 Å². The molecule has 0 fully saturated rings. The van der Waals surface area contributed by atoms with E-state index in [9.17, 15) is 4.79 Å². The molecular formula is C18H23N3O3. The molecule has 1 N–H and O–H groups in total. The molecule has 2 aromatic rings. The van der Waals surface area contributed by atoms with Crippen molar-refractivity contribution in [3.05, 3.63) is 36.7 Å². The van der Waals surface area contributed by atoms with Gasteiger partial charge < -0.3 is 14.8 Å². The van der Waals surface area contributed by atoms with Crippen LogP contribution in [0.25, 0.3) is 0 Å². The van der Waals surface area contributed by atoms with Crippen LogP contribution in [0, 0.1) is 5.92 Å². The average molecular weight is 329 g/mol. The zero-order valence-corrected chi connectivity index (χ0v) is 14.1. The van der Waals surface area contributed by atoms with Crippen LogP contribution < -0.4 is 14.8 Å². The number of para-hydroxylation sites is 2. The lowest BCUT2D eigenvalue weighted by Crippen LogP contribution is -2.33. The van der Waals surface area contributed by atoms with Gasteiger partial charge in [-0.25, -0.2) is 0 Å². The van der Waals surface area contributed by atoms with Gasteiger partial charge in [-0.05, 0) is 18.1 Å². The molecule has 1 aromatic carbocycles. The van der Waals surface area contributed by atoms with Crippen molar-refractivity contribution in [3.63, 3.8) is 0 Å². The minimum absolute atomic E-state index is 0.0232. The Morgan fingerprint density at radius 1 is 1.42 bits per heavy atom. The van der Waals surface area contributed by atoms with E-state index in [4.69, 9.17) is 9.47 Å². The Bertz CT molecular complexity index is 698. The van der Waals surface area contributed by atoms with E-state index in [1.54, 1.807) is 10.9 Å². The van der Waals surface area contributed by atoms with E-state index in [0.29, 0.717) is 31.2 Å². The van der Waals surface area contributed by atoms with Gasteiger partial charge in [0, 0.05) is 12.6 Å². The smallest absolute Gasteiger partial charge is 0.224 e. The summed E-state index contributed by atoms with van der Waals surface area (Å²) >= 11 is 0. The molecule has 6 nitrogen and oxygen atoms in total. The van der Waals surface area contributed by atoms with Crippen LogP contribution in [0.15, 0.2) is 36.7 Å². The second-order valence-corrected chi connectivity index (χ2v) is 6.21. The summed E-state index contributed by atoms with van der Waals surface area (Å²) in [6.07, 6.45) is 4.89. The number of carbonyl (C=O) groups is 1. The van der Waals surface area contributed by atoms with Crippen LogP contribution in [0.3, 0.4) is 0 Å². The van der Waals surface area contributed by atoms with E-state index in [-0.39, 0.29) is 12.0 Å². The van der Waals surface area contributed by atoms with Crippen LogP contribution in [0.5, 0.6) is 11.5 Å². The molecule has 1 aromatic heterocycles. The predicted molar refractivity (Wildman–Crippen MR) is 91.3 cm³/mol. The zero-order chi connectivity index (χ0) is 16.9. The summed E-state index contributed by atoms with van der Waals surface area (Å²) in [6, 6.07) is 7.63. The first-order valence-corrected chi connectivity index (χ1v) is 8.35. The number of aromatic nitrogens is 2. The lowest BCUT2D eigenvalue weighted by atomic mass is 10.1. The molecule has 24 heavy (non-hydrogen) atoms. The number of nitrogens with one attached hydrogen (secondary N) is 1. The fraction of sp³-hybridized carbons (Fsp3) is 0.444. The molecule has 0 saturated heterocycles. The lowest BCUT2D eigenvalue weighted by molar-refractivity contribution is -0.117. The highest BCUT2D eigenvalue weighted by molar-refractivity contribution is 5.90. The molecule has 2 unspecified atom stereocenters. The van der Waals surface area contributed by atoms with Crippen LogP contribution in [0.2, 0.25) is 0 Å². The molecular weight excluding hydrogens is 306 g/mol. The van der Waals surface area contributed by atoms with Crippen molar-refractivity contribution < 1.29 is 14.3 Å². The lowest BCUT2D eigenvalue weighted by Gasteiger charge is -2.26. The van der Waals surface area contributed by atoms with E-state index in [2.05, 4.69) is 24.3 Å². The summed E-state index contributed by atoms with van der Waals surface area (Å²) in [6.45, 7) is 5.20. The molecule has 0 spiro atoms. The number of carbonyl (C=O) groups excluding carboxylic acids is 1. The summed E-state index contributed by atoms with van der Waals surface area (Å²) in [5.41, 5.74) is 0.709. The van der Waals surface area contributed by atoms with Gasteiger partial charge in [0.05, 0.1) is 18.4 Å². The topological polar surface area (TPSA) is 65.4 Å². The van der Waals surface area contributed by atoms with Crippen molar-refractivity contribution >= 4 is 11.6 Å². The average Bonchev–Trinajstić information content (AvgIpc) is 3.01. The number of benzene rings is 1. The second-order valence-electron chi connectivity index (χ2n) is 6.21. The van der Waals surface area contributed by atoms with Crippen LogP contribution in [0.4, 0.5) is 5.69 Å². The SMILES string of the molecule is CCC(C)CC(=O)Nc1cnn(CC2COc3ccccc3O2)c1. The van der Waals surface area contributed by atoms with Gasteiger partial charge >= 0.3 is 0 Å². The van der Waals surface area contributed by atoms with Crippen molar-refractivity contribution in [1.29, 1.82) is 0 Å². The molecule has 0 saturated carbocycles. The van der Waals surface area contributed by atoms with E-state index in [0.717, 1.165) is 17.9 Å². The van der Waals surface area contributed by atoms with Gasteiger partial charge in [-0.2, -0.15) is 5.10 Å². The standard InChI is InChI=1S/C18H23N3O3/c1-3-13(2)8-18(22)20-14-9-19-21(10-14)11-15-12-23-16-6-4-5-7-17(16)24-15/h4-7,9-10,13,15H,3,8,11-12H2,1-2H3,(H,20,22). The number of hydrogen-bond acceptors (Lipinski definition) is 4. The van der Waals surface area contributed by atoms with Gasteiger partial charge in [-0.1, -0.05) is 32.4 Å². The van der Waals surface area contributed by atoms with E-state index < -0.39 is 0 Å². The second kappa shape index (κ2) is 7.38. The normalized spacial score (nSPS) is 17.3. The van der Waals surface area contributed by atoms with Gasteiger partial charge in [0.2, 0.25) is 5.91 Å². The monoisotopic (exact) mass is 329 g/mol. The quantitative estimate of drug-likeness (QED) is 0.884. The Kier molecular flexibility index (Phi) is 5.03. The first-order chi connectivity index (χ1) is 11.6. The number of rotatable bonds is 6. The molecule has 2 atom stereocenters. The van der Waals surface area contributed by atoms with Crippen molar-refractivity contribution in [1.82, 2.24) is 9.78 Å². The van der Waals surface area contributed by atoms with Gasteiger partial charge in [0.15, 0.2) is 17.6 Å². The first kappa shape index (κ1) is 16.4. The number of fused-ring (bicyclic) bond motifs is 1. The number of nitrogens with zero attached hydrogens (tertiary/aromatic N) is 2. The maximum atomic E-state index is 11.9. The Balaban J connectivity index is 1.54. The van der Waals surface area contributed by atoms with Crippen molar-refractivity contribution in [3.8, 4) is 11.5 Å². The zero-order valence-electron chi connectivity index (χ0n) is 14.1. The number of ether oxygens (including phenoxy) is 2. The maximum absolute atomic E-state index is 11.9. The summed E-state index contributed by atoms with van der Waals surface area (Å²) in [5, 5.41) is 7.17. The van der Waals surface area contributed by atoms with Gasteiger partial charge in [-0.3, -0.25) is 9.48 Å². The van der Waals surface area contributed by atoms with Crippen molar-refractivity contribution in [2.45, 2.75) is 39.3 Å². The Morgan fingerprint density at radius 2 is 2.21 bits per heavy atom. The molecule has 1 aliphatic heterocycles. The van der Waals surface area contributed by atoms with Crippen molar-refractivity contribution in [2.75, 3.05) is 11.9 Å².